The van der Waals surface area contributed by atoms with Gasteiger partial charge >= 0.3 is 0 Å². The van der Waals surface area contributed by atoms with E-state index in [0.717, 1.165) is 19.5 Å². The first-order chi connectivity index (χ1) is 6.24. The molecule has 76 valence electrons. The Morgan fingerprint density at radius 1 is 1.54 bits per heavy atom. The maximum absolute atomic E-state index is 11.3. The molecule has 0 aliphatic carbocycles. The summed E-state index contributed by atoms with van der Waals surface area (Å²) in [7, 11) is 0. The Morgan fingerprint density at radius 2 is 2.23 bits per heavy atom. The number of carbonyl (C=O) groups is 1. The van der Waals surface area contributed by atoms with E-state index in [2.05, 4.69) is 0 Å². The molecule has 1 saturated heterocycles. The first-order valence-corrected chi connectivity index (χ1v) is 5.54. The minimum Gasteiger partial charge on any atom is -0.394 e. The Bertz CT molecular complexity index is 173. The monoisotopic (exact) mass is 205 g/mol. The number of thioether (sulfide) groups is 1. The molecule has 13 heavy (non-hydrogen) atoms. The van der Waals surface area contributed by atoms with Gasteiger partial charge in [0.15, 0.2) is 0 Å². The predicted molar refractivity (Wildman–Crippen MR) is 51.6 cm³/mol. The van der Waals surface area contributed by atoms with E-state index in [0.29, 0.717) is 11.5 Å². The van der Waals surface area contributed by atoms with Gasteiger partial charge in [-0.2, -0.15) is 0 Å². The van der Waals surface area contributed by atoms with Crippen molar-refractivity contribution in [1.29, 1.82) is 0 Å². The summed E-state index contributed by atoms with van der Waals surface area (Å²) in [6.07, 6.45) is 0.407. The number of nitrogens with zero attached hydrogens (tertiary/aromatic N) is 1. The lowest BCUT2D eigenvalue weighted by molar-refractivity contribution is -0.131. The summed E-state index contributed by atoms with van der Waals surface area (Å²) in [5.41, 5.74) is 0. The highest BCUT2D eigenvalue weighted by molar-refractivity contribution is 7.99. The number of aliphatic hydroxyl groups excluding tert-OH is 2. The molecule has 0 radical (unpaired) electrons. The van der Waals surface area contributed by atoms with Crippen LogP contribution in [-0.4, -0.2) is 58.3 Å². The minimum atomic E-state index is -0.700. The van der Waals surface area contributed by atoms with Crippen LogP contribution in [0.4, 0.5) is 0 Å². The van der Waals surface area contributed by atoms with Crippen LogP contribution in [-0.2, 0) is 4.79 Å². The fourth-order valence-electron chi connectivity index (χ4n) is 0.992. The Kier molecular flexibility index (Phi) is 4.55. The Hall–Kier alpha value is -0.260. The molecule has 0 aromatic heterocycles. The second-order valence-corrected chi connectivity index (χ2v) is 4.12. The van der Waals surface area contributed by atoms with Crippen molar-refractivity contribution in [3.63, 3.8) is 0 Å². The van der Waals surface area contributed by atoms with Gasteiger partial charge in [0, 0.05) is 18.8 Å². The third-order valence-electron chi connectivity index (χ3n) is 1.96. The highest BCUT2D eigenvalue weighted by atomic mass is 32.2. The van der Waals surface area contributed by atoms with E-state index in [1.807, 2.05) is 0 Å². The molecule has 0 spiro atoms. The van der Waals surface area contributed by atoms with E-state index >= 15 is 0 Å². The SMILES string of the molecule is O=C(CSCC(O)CO)N1CCC1. The van der Waals surface area contributed by atoms with Gasteiger partial charge in [0.25, 0.3) is 0 Å². The fraction of sp³-hybridized carbons (Fsp3) is 0.875. The zero-order valence-corrected chi connectivity index (χ0v) is 8.29. The summed E-state index contributed by atoms with van der Waals surface area (Å²) in [6.45, 7) is 1.52. The Morgan fingerprint density at radius 3 is 2.69 bits per heavy atom. The van der Waals surface area contributed by atoms with Crippen molar-refractivity contribution in [2.24, 2.45) is 0 Å². The molecule has 0 bridgehead atoms. The second kappa shape index (κ2) is 5.47. The quantitative estimate of drug-likeness (QED) is 0.623. The van der Waals surface area contributed by atoms with Gasteiger partial charge in [0.05, 0.1) is 18.5 Å². The molecule has 2 N–H and O–H groups in total. The van der Waals surface area contributed by atoms with Crippen LogP contribution < -0.4 is 0 Å². The molecule has 1 aliphatic rings. The summed E-state index contributed by atoms with van der Waals surface area (Å²) in [6, 6.07) is 0. The molecule has 0 aromatic rings. The van der Waals surface area contributed by atoms with E-state index in [1.54, 1.807) is 4.90 Å². The van der Waals surface area contributed by atoms with Crippen molar-refractivity contribution < 1.29 is 15.0 Å². The lowest BCUT2D eigenvalue weighted by atomic mass is 10.2. The van der Waals surface area contributed by atoms with E-state index in [-0.39, 0.29) is 12.5 Å². The normalized spacial score (nSPS) is 18.2. The summed E-state index contributed by atoms with van der Waals surface area (Å²) in [5, 5.41) is 17.5. The maximum Gasteiger partial charge on any atom is 0.232 e. The number of aliphatic hydroxyl groups is 2. The molecule has 1 fully saturated rings. The summed E-state index contributed by atoms with van der Waals surface area (Å²) >= 11 is 1.37. The summed E-state index contributed by atoms with van der Waals surface area (Å²) in [4.78, 5) is 13.1. The average molecular weight is 205 g/mol. The molecule has 0 aromatic carbocycles. The van der Waals surface area contributed by atoms with Crippen molar-refractivity contribution in [3.05, 3.63) is 0 Å². The highest BCUT2D eigenvalue weighted by Crippen LogP contribution is 2.10. The fourth-order valence-corrected chi connectivity index (χ4v) is 1.84. The van der Waals surface area contributed by atoms with Crippen molar-refractivity contribution in [2.75, 3.05) is 31.2 Å². The number of rotatable bonds is 5. The van der Waals surface area contributed by atoms with E-state index in [1.165, 1.54) is 11.8 Å². The van der Waals surface area contributed by atoms with Crippen LogP contribution in [0.2, 0.25) is 0 Å². The standard InChI is InChI=1S/C8H15NO3S/c10-4-7(11)5-13-6-8(12)9-2-1-3-9/h7,10-11H,1-6H2. The molecule has 0 saturated carbocycles. The van der Waals surface area contributed by atoms with Crippen LogP contribution in [0.3, 0.4) is 0 Å². The molecular weight excluding hydrogens is 190 g/mol. The van der Waals surface area contributed by atoms with Gasteiger partial charge in [-0.3, -0.25) is 4.79 Å². The molecule has 1 aliphatic heterocycles. The minimum absolute atomic E-state index is 0.140. The van der Waals surface area contributed by atoms with Crippen LogP contribution in [0.25, 0.3) is 0 Å². The van der Waals surface area contributed by atoms with Crippen LogP contribution in [0.1, 0.15) is 6.42 Å². The topological polar surface area (TPSA) is 60.8 Å². The maximum atomic E-state index is 11.3. The van der Waals surface area contributed by atoms with Gasteiger partial charge in [-0.1, -0.05) is 0 Å². The largest absolute Gasteiger partial charge is 0.394 e. The average Bonchev–Trinajstić information content (AvgIpc) is 2.01. The van der Waals surface area contributed by atoms with E-state index in [4.69, 9.17) is 10.2 Å². The Labute approximate surface area is 81.9 Å². The molecule has 1 atom stereocenters. The van der Waals surface area contributed by atoms with Gasteiger partial charge < -0.3 is 15.1 Å². The van der Waals surface area contributed by atoms with Crippen molar-refractivity contribution in [2.45, 2.75) is 12.5 Å². The van der Waals surface area contributed by atoms with E-state index in [9.17, 15) is 4.79 Å². The third kappa shape index (κ3) is 3.54. The second-order valence-electron chi connectivity index (χ2n) is 3.09. The number of carbonyl (C=O) groups excluding carboxylic acids is 1. The number of hydrogen-bond acceptors (Lipinski definition) is 4. The first-order valence-electron chi connectivity index (χ1n) is 4.38. The molecular formula is C8H15NO3S. The van der Waals surface area contributed by atoms with Gasteiger partial charge in [-0.15, -0.1) is 11.8 Å². The molecule has 1 heterocycles. The lowest BCUT2D eigenvalue weighted by Gasteiger charge is -2.30. The zero-order chi connectivity index (χ0) is 9.68. The van der Waals surface area contributed by atoms with Gasteiger partial charge in [0.1, 0.15) is 0 Å². The van der Waals surface area contributed by atoms with Gasteiger partial charge in [-0.25, -0.2) is 0 Å². The van der Waals surface area contributed by atoms with Crippen LogP contribution in [0.15, 0.2) is 0 Å². The number of amides is 1. The number of hydrogen-bond donors (Lipinski definition) is 2. The molecule has 1 amide bonds. The molecule has 1 rings (SSSR count). The van der Waals surface area contributed by atoms with Gasteiger partial charge in [0.2, 0.25) is 5.91 Å². The van der Waals surface area contributed by atoms with E-state index < -0.39 is 6.10 Å². The smallest absolute Gasteiger partial charge is 0.232 e. The summed E-state index contributed by atoms with van der Waals surface area (Å²) < 4.78 is 0. The Balaban J connectivity index is 2.01. The number of likely N-dealkylation sites (tertiary alicyclic amines) is 1. The molecule has 1 unspecified atom stereocenters. The van der Waals surface area contributed by atoms with Crippen molar-refractivity contribution in [1.82, 2.24) is 4.90 Å². The van der Waals surface area contributed by atoms with Crippen molar-refractivity contribution >= 4 is 17.7 Å². The van der Waals surface area contributed by atoms with Crippen LogP contribution >= 0.6 is 11.8 Å². The highest BCUT2D eigenvalue weighted by Gasteiger charge is 2.19. The van der Waals surface area contributed by atoms with Gasteiger partial charge in [-0.05, 0) is 6.42 Å². The lowest BCUT2D eigenvalue weighted by Crippen LogP contribution is -2.43. The molecule has 5 heteroatoms. The predicted octanol–water partition coefficient (Wildman–Crippen LogP) is -0.695. The summed E-state index contributed by atoms with van der Waals surface area (Å²) in [5.74, 6) is 0.981. The zero-order valence-electron chi connectivity index (χ0n) is 7.48. The van der Waals surface area contributed by atoms with Crippen LogP contribution in [0.5, 0.6) is 0 Å². The molecule has 4 nitrogen and oxygen atoms in total. The van der Waals surface area contributed by atoms with Crippen LogP contribution in [0, 0.1) is 0 Å². The first kappa shape index (κ1) is 10.8. The third-order valence-corrected chi connectivity index (χ3v) is 3.03. The van der Waals surface area contributed by atoms with Crippen molar-refractivity contribution in [3.8, 4) is 0 Å².